The number of carbonyl (C=O) groups is 1. The molecule has 4 rings (SSSR count). The summed E-state index contributed by atoms with van der Waals surface area (Å²) in [7, 11) is 0. The maximum Gasteiger partial charge on any atom is 0.412 e. The molecule has 0 atom stereocenters. The van der Waals surface area contributed by atoms with Crippen LogP contribution in [-0.2, 0) is 0 Å². The lowest BCUT2D eigenvalue weighted by molar-refractivity contribution is -0.384. The summed E-state index contributed by atoms with van der Waals surface area (Å²) in [5.41, 5.74) is 1.26. The van der Waals surface area contributed by atoms with Crippen molar-refractivity contribution in [2.24, 2.45) is 0 Å². The zero-order valence-electron chi connectivity index (χ0n) is 16.8. The van der Waals surface area contributed by atoms with Gasteiger partial charge in [-0.3, -0.25) is 10.1 Å². The number of anilines is 1. The smallest absolute Gasteiger partial charge is 0.410 e. The average molecular weight is 438 g/mol. The van der Waals surface area contributed by atoms with Gasteiger partial charge in [0.15, 0.2) is 0 Å². The standard InChI is InChI=1S/C21H19FN6O4/c22-15-3-1-14(2-4-15)19-13-23-26-20(25-19)27-11-9-16(10-12-27)24-21(29)32-18-7-5-17(6-8-18)28(30)31/h1-8,13,16H,9-12H2,(H,24,29). The molecule has 0 saturated carbocycles. The maximum absolute atomic E-state index is 13.1. The van der Waals surface area contributed by atoms with E-state index in [9.17, 15) is 19.3 Å². The molecule has 1 amide bonds. The largest absolute Gasteiger partial charge is 0.412 e. The van der Waals surface area contributed by atoms with Gasteiger partial charge in [0, 0.05) is 36.8 Å². The number of nitrogens with zero attached hydrogens (tertiary/aromatic N) is 5. The number of nitrogens with one attached hydrogen (secondary N) is 1. The van der Waals surface area contributed by atoms with Crippen LogP contribution < -0.4 is 15.0 Å². The van der Waals surface area contributed by atoms with Crippen molar-refractivity contribution in [2.75, 3.05) is 18.0 Å². The summed E-state index contributed by atoms with van der Waals surface area (Å²) < 4.78 is 18.3. The van der Waals surface area contributed by atoms with Crippen LogP contribution in [0.5, 0.6) is 5.75 Å². The second kappa shape index (κ2) is 9.33. The van der Waals surface area contributed by atoms with Crippen molar-refractivity contribution in [2.45, 2.75) is 18.9 Å². The molecule has 1 aliphatic rings. The Kier molecular flexibility index (Phi) is 6.15. The van der Waals surface area contributed by atoms with Gasteiger partial charge in [-0.25, -0.2) is 14.2 Å². The van der Waals surface area contributed by atoms with Crippen LogP contribution in [-0.4, -0.2) is 45.3 Å². The lowest BCUT2D eigenvalue weighted by atomic mass is 10.1. The molecular weight excluding hydrogens is 419 g/mol. The summed E-state index contributed by atoms with van der Waals surface area (Å²) in [6.45, 7) is 1.22. The molecular formula is C21H19FN6O4. The number of benzene rings is 2. The third kappa shape index (κ3) is 5.12. The highest BCUT2D eigenvalue weighted by Crippen LogP contribution is 2.21. The van der Waals surface area contributed by atoms with Crippen LogP contribution in [0.2, 0.25) is 0 Å². The SMILES string of the molecule is O=C(NC1CCN(c2nncc(-c3ccc(F)cc3)n2)CC1)Oc1ccc([N+](=O)[O-])cc1. The lowest BCUT2D eigenvalue weighted by Gasteiger charge is -2.31. The minimum Gasteiger partial charge on any atom is -0.410 e. The molecule has 10 nitrogen and oxygen atoms in total. The van der Waals surface area contributed by atoms with Crippen molar-refractivity contribution in [3.8, 4) is 17.0 Å². The first-order chi connectivity index (χ1) is 15.5. The number of ether oxygens (including phenoxy) is 1. The topological polar surface area (TPSA) is 123 Å². The van der Waals surface area contributed by atoms with Gasteiger partial charge < -0.3 is 15.0 Å². The number of carbonyl (C=O) groups excluding carboxylic acids is 1. The number of nitro groups is 1. The van der Waals surface area contributed by atoms with Gasteiger partial charge in [0.1, 0.15) is 11.6 Å². The second-order valence-corrected chi connectivity index (χ2v) is 7.19. The van der Waals surface area contributed by atoms with Gasteiger partial charge >= 0.3 is 6.09 Å². The molecule has 164 valence electrons. The van der Waals surface area contributed by atoms with Gasteiger partial charge in [-0.1, -0.05) is 0 Å². The predicted octanol–water partition coefficient (Wildman–Crippen LogP) is 3.34. The molecule has 0 unspecified atom stereocenters. The molecule has 1 aromatic heterocycles. The molecule has 32 heavy (non-hydrogen) atoms. The van der Waals surface area contributed by atoms with Crippen LogP contribution in [0.4, 0.5) is 20.8 Å². The van der Waals surface area contributed by atoms with Crippen molar-refractivity contribution < 1.29 is 18.8 Å². The normalized spacial score (nSPS) is 14.1. The number of aromatic nitrogens is 3. The molecule has 1 aliphatic heterocycles. The highest BCUT2D eigenvalue weighted by atomic mass is 19.1. The third-order valence-electron chi connectivity index (χ3n) is 5.05. The molecule has 2 heterocycles. The number of hydrogen-bond acceptors (Lipinski definition) is 8. The van der Waals surface area contributed by atoms with Crippen molar-refractivity contribution in [3.05, 3.63) is 70.7 Å². The molecule has 1 saturated heterocycles. The Hall–Kier alpha value is -4.15. The van der Waals surface area contributed by atoms with Crippen LogP contribution in [0.3, 0.4) is 0 Å². The summed E-state index contributed by atoms with van der Waals surface area (Å²) in [6, 6.07) is 11.2. The van der Waals surface area contributed by atoms with Crippen molar-refractivity contribution in [1.29, 1.82) is 0 Å². The molecule has 1 N–H and O–H groups in total. The monoisotopic (exact) mass is 438 g/mol. The minimum atomic E-state index is -0.617. The molecule has 11 heteroatoms. The highest BCUT2D eigenvalue weighted by Gasteiger charge is 2.23. The van der Waals surface area contributed by atoms with Crippen LogP contribution in [0.15, 0.2) is 54.7 Å². The zero-order valence-corrected chi connectivity index (χ0v) is 16.8. The quantitative estimate of drug-likeness (QED) is 0.475. The van der Waals surface area contributed by atoms with Crippen molar-refractivity contribution in [3.63, 3.8) is 0 Å². The molecule has 1 fully saturated rings. The van der Waals surface area contributed by atoms with E-state index in [1.54, 1.807) is 12.1 Å². The minimum absolute atomic E-state index is 0.0784. The summed E-state index contributed by atoms with van der Waals surface area (Å²) >= 11 is 0. The van der Waals surface area contributed by atoms with E-state index in [2.05, 4.69) is 20.5 Å². The molecule has 0 bridgehead atoms. The maximum atomic E-state index is 13.1. The number of amides is 1. The zero-order chi connectivity index (χ0) is 22.5. The second-order valence-electron chi connectivity index (χ2n) is 7.19. The van der Waals surface area contributed by atoms with E-state index >= 15 is 0 Å². The first-order valence-electron chi connectivity index (χ1n) is 9.91. The Morgan fingerprint density at radius 3 is 2.47 bits per heavy atom. The number of piperidine rings is 1. The fourth-order valence-corrected chi connectivity index (χ4v) is 3.35. The van der Waals surface area contributed by atoms with Crippen LogP contribution in [0.1, 0.15) is 12.8 Å². The Bertz CT molecular complexity index is 1100. The Morgan fingerprint density at radius 2 is 1.81 bits per heavy atom. The number of halogens is 1. The average Bonchev–Trinajstić information content (AvgIpc) is 2.80. The van der Waals surface area contributed by atoms with Gasteiger partial charge in [0.25, 0.3) is 5.69 Å². The fourth-order valence-electron chi connectivity index (χ4n) is 3.35. The van der Waals surface area contributed by atoms with Gasteiger partial charge in [-0.05, 0) is 49.2 Å². The Morgan fingerprint density at radius 1 is 1.12 bits per heavy atom. The number of hydrogen-bond donors (Lipinski definition) is 1. The summed E-state index contributed by atoms with van der Waals surface area (Å²) in [4.78, 5) is 28.8. The van der Waals surface area contributed by atoms with Crippen LogP contribution in [0, 0.1) is 15.9 Å². The summed E-state index contributed by atoms with van der Waals surface area (Å²) in [5, 5.41) is 21.6. The van der Waals surface area contributed by atoms with E-state index in [4.69, 9.17) is 4.74 Å². The van der Waals surface area contributed by atoms with Gasteiger partial charge in [0.05, 0.1) is 16.8 Å². The lowest BCUT2D eigenvalue weighted by Crippen LogP contribution is -2.46. The number of rotatable bonds is 5. The first kappa shape index (κ1) is 21.1. The highest BCUT2D eigenvalue weighted by molar-refractivity contribution is 5.70. The van der Waals surface area contributed by atoms with Crippen LogP contribution in [0.25, 0.3) is 11.3 Å². The Labute approximate surface area is 182 Å². The predicted molar refractivity (Wildman–Crippen MR) is 113 cm³/mol. The molecule has 0 aliphatic carbocycles. The fraction of sp³-hybridized carbons (Fsp3) is 0.238. The van der Waals surface area contributed by atoms with Gasteiger partial charge in [-0.2, -0.15) is 5.10 Å². The first-order valence-corrected chi connectivity index (χ1v) is 9.91. The molecule has 0 radical (unpaired) electrons. The van der Waals surface area contributed by atoms with E-state index in [1.807, 2.05) is 4.90 Å². The van der Waals surface area contributed by atoms with Crippen LogP contribution >= 0.6 is 0 Å². The van der Waals surface area contributed by atoms with Crippen molar-refractivity contribution in [1.82, 2.24) is 20.5 Å². The van der Waals surface area contributed by atoms with Crippen molar-refractivity contribution >= 4 is 17.7 Å². The summed E-state index contributed by atoms with van der Waals surface area (Å²) in [5.74, 6) is 0.374. The van der Waals surface area contributed by atoms with E-state index in [0.29, 0.717) is 37.6 Å². The molecule has 0 spiro atoms. The number of non-ortho nitro benzene ring substituents is 1. The van der Waals surface area contributed by atoms with E-state index in [1.165, 1.54) is 42.6 Å². The third-order valence-corrected chi connectivity index (χ3v) is 5.05. The van der Waals surface area contributed by atoms with Gasteiger partial charge in [-0.15, -0.1) is 5.10 Å². The Balaban J connectivity index is 1.30. The molecule has 2 aromatic carbocycles. The van der Waals surface area contributed by atoms with E-state index in [0.717, 1.165) is 5.56 Å². The van der Waals surface area contributed by atoms with E-state index < -0.39 is 11.0 Å². The van der Waals surface area contributed by atoms with E-state index in [-0.39, 0.29) is 23.3 Å². The van der Waals surface area contributed by atoms with Gasteiger partial charge in [0.2, 0.25) is 5.95 Å². The summed E-state index contributed by atoms with van der Waals surface area (Å²) in [6.07, 6.45) is 2.21. The molecule has 3 aromatic rings. The number of nitro benzene ring substituents is 1.